The maximum atomic E-state index is 12.7. The van der Waals surface area contributed by atoms with E-state index in [0.29, 0.717) is 16.5 Å². The zero-order valence-electron chi connectivity index (χ0n) is 17.6. The Kier molecular flexibility index (Phi) is 7.41. The van der Waals surface area contributed by atoms with Gasteiger partial charge in [0.1, 0.15) is 0 Å². The normalized spacial score (nSPS) is 10.8. The van der Waals surface area contributed by atoms with Gasteiger partial charge in [0.05, 0.1) is 24.7 Å². The monoisotopic (exact) mass is 489 g/mol. The molecule has 172 valence electrons. The lowest BCUT2D eigenvalue weighted by atomic mass is 10.1. The molecule has 33 heavy (non-hydrogen) atoms. The van der Waals surface area contributed by atoms with Gasteiger partial charge in [-0.1, -0.05) is 23.7 Å². The molecule has 0 atom stereocenters. The number of hydrogen-bond donors (Lipinski definition) is 3. The molecule has 3 rings (SSSR count). The quantitative estimate of drug-likeness (QED) is 0.438. The lowest BCUT2D eigenvalue weighted by Gasteiger charge is -2.13. The fourth-order valence-corrected chi connectivity index (χ4v) is 4.09. The number of hydrazine groups is 1. The lowest BCUT2D eigenvalue weighted by Crippen LogP contribution is -2.41. The van der Waals surface area contributed by atoms with E-state index < -0.39 is 21.8 Å². The zero-order chi connectivity index (χ0) is 24.0. The second-order valence-corrected chi connectivity index (χ2v) is 8.71. The smallest absolute Gasteiger partial charge is 0.273 e. The topological polar surface area (TPSA) is 123 Å². The van der Waals surface area contributed by atoms with Gasteiger partial charge in [-0.25, -0.2) is 8.42 Å². The highest BCUT2D eigenvalue weighted by molar-refractivity contribution is 7.92. The summed E-state index contributed by atoms with van der Waals surface area (Å²) >= 11 is 5.81. The predicted molar refractivity (Wildman–Crippen MR) is 123 cm³/mol. The summed E-state index contributed by atoms with van der Waals surface area (Å²) < 4.78 is 38.1. The number of halogens is 1. The van der Waals surface area contributed by atoms with Gasteiger partial charge in [0.15, 0.2) is 11.5 Å². The van der Waals surface area contributed by atoms with Crippen molar-refractivity contribution in [1.29, 1.82) is 0 Å². The van der Waals surface area contributed by atoms with Gasteiger partial charge in [0, 0.05) is 16.3 Å². The first-order chi connectivity index (χ1) is 15.7. The summed E-state index contributed by atoms with van der Waals surface area (Å²) in [6, 6.07) is 16.2. The van der Waals surface area contributed by atoms with Gasteiger partial charge in [0.2, 0.25) is 0 Å². The van der Waals surface area contributed by atoms with Crippen LogP contribution < -0.4 is 25.0 Å². The minimum atomic E-state index is -3.96. The van der Waals surface area contributed by atoms with Crippen LogP contribution in [0.25, 0.3) is 0 Å². The highest BCUT2D eigenvalue weighted by Crippen LogP contribution is 2.30. The first-order valence-corrected chi connectivity index (χ1v) is 11.3. The molecule has 2 amide bonds. The summed E-state index contributed by atoms with van der Waals surface area (Å²) in [6.07, 6.45) is 0. The van der Waals surface area contributed by atoms with Crippen molar-refractivity contribution < 1.29 is 27.5 Å². The number of ether oxygens (including phenoxy) is 2. The molecule has 3 aromatic carbocycles. The van der Waals surface area contributed by atoms with Crippen LogP contribution in [0.5, 0.6) is 11.5 Å². The first-order valence-electron chi connectivity index (χ1n) is 9.45. The van der Waals surface area contributed by atoms with Crippen LogP contribution in [0.1, 0.15) is 20.7 Å². The predicted octanol–water partition coefficient (Wildman–Crippen LogP) is 3.23. The molecule has 0 saturated carbocycles. The van der Waals surface area contributed by atoms with Crippen molar-refractivity contribution in [2.24, 2.45) is 0 Å². The van der Waals surface area contributed by atoms with Crippen LogP contribution in [0.15, 0.2) is 71.6 Å². The van der Waals surface area contributed by atoms with E-state index >= 15 is 0 Å². The molecule has 11 heteroatoms. The van der Waals surface area contributed by atoms with Crippen LogP contribution in [-0.4, -0.2) is 34.5 Å². The van der Waals surface area contributed by atoms with E-state index in [1.165, 1.54) is 56.7 Å². The number of anilines is 1. The molecule has 0 aliphatic heterocycles. The Labute approximate surface area is 195 Å². The van der Waals surface area contributed by atoms with E-state index in [9.17, 15) is 18.0 Å². The molecular formula is C22H20ClN3O6S. The molecule has 0 aromatic heterocycles. The molecule has 0 aliphatic carbocycles. The van der Waals surface area contributed by atoms with E-state index in [0.717, 1.165) is 0 Å². The number of carbonyl (C=O) groups is 2. The first kappa shape index (κ1) is 23.9. The van der Waals surface area contributed by atoms with Crippen LogP contribution in [0.3, 0.4) is 0 Å². The molecule has 0 aliphatic rings. The van der Waals surface area contributed by atoms with Crippen molar-refractivity contribution in [3.63, 3.8) is 0 Å². The number of nitrogens with one attached hydrogen (secondary N) is 3. The number of benzene rings is 3. The Morgan fingerprint density at radius 2 is 1.52 bits per heavy atom. The Morgan fingerprint density at radius 3 is 2.18 bits per heavy atom. The van der Waals surface area contributed by atoms with Crippen molar-refractivity contribution in [2.45, 2.75) is 4.90 Å². The summed E-state index contributed by atoms with van der Waals surface area (Å²) in [6.45, 7) is 0. The Morgan fingerprint density at radius 1 is 0.848 bits per heavy atom. The van der Waals surface area contributed by atoms with Crippen LogP contribution in [-0.2, 0) is 10.0 Å². The molecule has 3 N–H and O–H groups in total. The SMILES string of the molecule is COc1cccc(C(=O)NNC(=O)c2cccc(S(=O)(=O)Nc3ccc(Cl)cc3)c2)c1OC. The second kappa shape index (κ2) is 10.2. The van der Waals surface area contributed by atoms with Gasteiger partial charge in [-0.2, -0.15) is 0 Å². The molecule has 0 bridgehead atoms. The second-order valence-electron chi connectivity index (χ2n) is 6.59. The van der Waals surface area contributed by atoms with E-state index in [4.69, 9.17) is 21.1 Å². The number of methoxy groups -OCH3 is 2. The Bertz CT molecular complexity index is 1280. The number of para-hydroxylation sites is 1. The summed E-state index contributed by atoms with van der Waals surface area (Å²) in [7, 11) is -1.14. The average molecular weight is 490 g/mol. The Balaban J connectivity index is 1.72. The highest BCUT2D eigenvalue weighted by Gasteiger charge is 2.19. The third-order valence-corrected chi connectivity index (χ3v) is 6.07. The Hall–Kier alpha value is -3.76. The van der Waals surface area contributed by atoms with Crippen LogP contribution in [0.4, 0.5) is 5.69 Å². The van der Waals surface area contributed by atoms with Gasteiger partial charge in [0.25, 0.3) is 21.8 Å². The van der Waals surface area contributed by atoms with Crippen LogP contribution in [0, 0.1) is 0 Å². The van der Waals surface area contributed by atoms with Crippen molar-refractivity contribution >= 4 is 39.1 Å². The maximum Gasteiger partial charge on any atom is 0.273 e. The summed E-state index contributed by atoms with van der Waals surface area (Å²) in [5.41, 5.74) is 5.00. The molecule has 0 heterocycles. The van der Waals surface area contributed by atoms with Crippen LogP contribution in [0.2, 0.25) is 5.02 Å². The van der Waals surface area contributed by atoms with Crippen molar-refractivity contribution in [2.75, 3.05) is 18.9 Å². The van der Waals surface area contributed by atoms with E-state index in [1.54, 1.807) is 24.3 Å². The number of amides is 2. The number of sulfonamides is 1. The van der Waals surface area contributed by atoms with Gasteiger partial charge in [-0.15, -0.1) is 0 Å². The zero-order valence-corrected chi connectivity index (χ0v) is 19.2. The third kappa shape index (κ3) is 5.73. The van der Waals surface area contributed by atoms with Gasteiger partial charge >= 0.3 is 0 Å². The molecule has 0 fully saturated rings. The van der Waals surface area contributed by atoms with E-state index in [2.05, 4.69) is 15.6 Å². The molecule has 9 nitrogen and oxygen atoms in total. The minimum Gasteiger partial charge on any atom is -0.493 e. The highest BCUT2D eigenvalue weighted by atomic mass is 35.5. The fraction of sp³-hybridized carbons (Fsp3) is 0.0909. The number of rotatable bonds is 7. The largest absolute Gasteiger partial charge is 0.493 e. The molecular weight excluding hydrogens is 470 g/mol. The molecule has 0 radical (unpaired) electrons. The van der Waals surface area contributed by atoms with E-state index in [-0.39, 0.29) is 21.8 Å². The van der Waals surface area contributed by atoms with Crippen LogP contribution >= 0.6 is 11.6 Å². The van der Waals surface area contributed by atoms with Crippen molar-refractivity contribution in [1.82, 2.24) is 10.9 Å². The molecule has 0 saturated heterocycles. The van der Waals surface area contributed by atoms with Gasteiger partial charge in [-0.3, -0.25) is 25.2 Å². The lowest BCUT2D eigenvalue weighted by molar-refractivity contribution is 0.0844. The van der Waals surface area contributed by atoms with Crippen molar-refractivity contribution in [3.05, 3.63) is 82.9 Å². The van der Waals surface area contributed by atoms with E-state index in [1.807, 2.05) is 0 Å². The van der Waals surface area contributed by atoms with Crippen molar-refractivity contribution in [3.8, 4) is 11.5 Å². The average Bonchev–Trinajstić information content (AvgIpc) is 2.83. The number of hydrogen-bond acceptors (Lipinski definition) is 6. The van der Waals surface area contributed by atoms with Gasteiger partial charge in [-0.05, 0) is 54.6 Å². The summed E-state index contributed by atoms with van der Waals surface area (Å²) in [4.78, 5) is 24.9. The summed E-state index contributed by atoms with van der Waals surface area (Å²) in [5.74, 6) is -0.809. The third-order valence-electron chi connectivity index (χ3n) is 4.44. The molecule has 3 aromatic rings. The van der Waals surface area contributed by atoms with Gasteiger partial charge < -0.3 is 9.47 Å². The molecule has 0 unspecified atom stereocenters. The fourth-order valence-electron chi connectivity index (χ4n) is 2.86. The standard InChI is InChI=1S/C22H20ClN3O6S/c1-31-19-8-4-7-18(20(19)32-2)22(28)25-24-21(27)14-5-3-6-17(13-14)33(29,30)26-16-11-9-15(23)10-12-16/h3-13,26H,1-2H3,(H,24,27)(H,25,28). The summed E-state index contributed by atoms with van der Waals surface area (Å²) in [5, 5.41) is 0.463. The minimum absolute atomic E-state index is 0.0203. The molecule has 0 spiro atoms. The number of carbonyl (C=O) groups excluding carboxylic acids is 2. The maximum absolute atomic E-state index is 12.7.